The molecule has 4 saturated carbocycles. The maximum Gasteiger partial charge on any atom is 0.0465 e. The maximum atomic E-state index is 2.63. The van der Waals surface area contributed by atoms with Crippen LogP contribution in [0.5, 0.6) is 0 Å². The van der Waals surface area contributed by atoms with E-state index in [1.165, 1.54) is 76.5 Å². The Bertz CT molecular complexity index is 1750. The third kappa shape index (κ3) is 3.65. The Morgan fingerprint density at radius 1 is 0.581 bits per heavy atom. The van der Waals surface area contributed by atoms with E-state index in [-0.39, 0.29) is 16.2 Å². The molecule has 2 heteroatoms. The molecule has 0 aromatic heterocycles. The maximum absolute atomic E-state index is 2.63. The predicted molar refractivity (Wildman–Crippen MR) is 180 cm³/mol. The second-order valence-corrected chi connectivity index (χ2v) is 16.8. The van der Waals surface area contributed by atoms with Gasteiger partial charge in [0.1, 0.15) is 0 Å². The van der Waals surface area contributed by atoms with Gasteiger partial charge in [-0.25, -0.2) is 0 Å². The lowest BCUT2D eigenvalue weighted by atomic mass is 9.57. The van der Waals surface area contributed by atoms with Gasteiger partial charge in [-0.1, -0.05) is 81.9 Å². The van der Waals surface area contributed by atoms with E-state index >= 15 is 0 Å². The van der Waals surface area contributed by atoms with E-state index in [4.69, 9.17) is 0 Å². The van der Waals surface area contributed by atoms with Gasteiger partial charge in [0, 0.05) is 32.3 Å². The molecule has 1 nitrogen and oxygen atoms in total. The Morgan fingerprint density at radius 2 is 1.26 bits per heavy atom. The van der Waals surface area contributed by atoms with Crippen molar-refractivity contribution in [1.82, 2.24) is 0 Å². The van der Waals surface area contributed by atoms with Crippen molar-refractivity contribution in [2.24, 2.45) is 23.7 Å². The average Bonchev–Trinajstić information content (AvgIpc) is 3.42. The van der Waals surface area contributed by atoms with E-state index in [2.05, 4.69) is 124 Å². The van der Waals surface area contributed by atoms with Gasteiger partial charge in [0.15, 0.2) is 0 Å². The standard InChI is InChI=1S/C41H43NS/c1-39(2)18-19-40(3,4)35-24-30(14-16-32(35)39)42(29-10-6-5-7-11-29)31-15-17-38-36(25-31)41(33-12-8-9-13-37(33)43-38)28-21-26-20-27(23-28)34(41)22-26/h5-17,24-28,34H,18-23H2,1-4H3. The van der Waals surface area contributed by atoms with Gasteiger partial charge in [-0.3, -0.25) is 0 Å². The SMILES string of the molecule is CC1(C)CCC(C)(C)c2cc(N(c3ccccc3)c3ccc4c(c3)C3(c5ccccc5S4)C4CC5CC(C4)C3C5)ccc21. The van der Waals surface area contributed by atoms with Crippen LogP contribution < -0.4 is 4.90 Å². The fourth-order valence-electron chi connectivity index (χ4n) is 10.6. The molecule has 4 fully saturated rings. The molecule has 43 heavy (non-hydrogen) atoms. The fraction of sp³-hybridized carbons (Fsp3) is 0.415. The summed E-state index contributed by atoms with van der Waals surface area (Å²) in [6, 6.07) is 35.4. The van der Waals surface area contributed by atoms with Crippen molar-refractivity contribution in [2.75, 3.05) is 4.90 Å². The zero-order valence-electron chi connectivity index (χ0n) is 26.1. The molecule has 218 valence electrons. The van der Waals surface area contributed by atoms with Gasteiger partial charge in [-0.15, -0.1) is 0 Å². The Kier molecular flexibility index (Phi) is 5.56. The lowest BCUT2D eigenvalue weighted by Crippen LogP contribution is -2.44. The van der Waals surface area contributed by atoms with Crippen LogP contribution in [0.3, 0.4) is 0 Å². The van der Waals surface area contributed by atoms with Gasteiger partial charge < -0.3 is 4.90 Å². The van der Waals surface area contributed by atoms with Crippen molar-refractivity contribution in [2.45, 2.75) is 92.3 Å². The second-order valence-electron chi connectivity index (χ2n) is 15.7. The van der Waals surface area contributed by atoms with Crippen LogP contribution in [0.4, 0.5) is 17.1 Å². The van der Waals surface area contributed by atoms with E-state index in [0.29, 0.717) is 0 Å². The molecular formula is C41H43NS. The van der Waals surface area contributed by atoms with Crippen molar-refractivity contribution in [3.63, 3.8) is 0 Å². The van der Waals surface area contributed by atoms with E-state index < -0.39 is 0 Å². The number of nitrogens with zero attached hydrogens (tertiary/aromatic N) is 1. The van der Waals surface area contributed by atoms with E-state index in [1.807, 2.05) is 11.8 Å². The minimum atomic E-state index is 0.162. The lowest BCUT2D eigenvalue weighted by molar-refractivity contribution is 0.181. The van der Waals surface area contributed by atoms with Crippen molar-refractivity contribution in [3.05, 3.63) is 113 Å². The molecule has 0 saturated heterocycles. The number of rotatable bonds is 3. The molecule has 5 aliphatic carbocycles. The van der Waals surface area contributed by atoms with Crippen molar-refractivity contribution in [1.29, 1.82) is 0 Å². The van der Waals surface area contributed by atoms with Crippen LogP contribution in [0.1, 0.15) is 88.5 Å². The monoisotopic (exact) mass is 581 g/mol. The number of para-hydroxylation sites is 1. The Labute approximate surface area is 262 Å². The second kappa shape index (κ2) is 9.04. The summed E-state index contributed by atoms with van der Waals surface area (Å²) < 4.78 is 0. The van der Waals surface area contributed by atoms with Crippen LogP contribution in [0.15, 0.2) is 101 Å². The summed E-state index contributed by atoms with van der Waals surface area (Å²) in [5.74, 6) is 3.40. The number of anilines is 3. The summed E-state index contributed by atoms with van der Waals surface area (Å²) in [7, 11) is 0. The van der Waals surface area contributed by atoms with Gasteiger partial charge >= 0.3 is 0 Å². The summed E-state index contributed by atoms with van der Waals surface area (Å²) >= 11 is 2.01. The van der Waals surface area contributed by atoms with Crippen molar-refractivity contribution >= 4 is 28.8 Å². The molecule has 6 aliphatic rings. The van der Waals surface area contributed by atoms with Crippen LogP contribution in [0, 0.1) is 23.7 Å². The minimum Gasteiger partial charge on any atom is -0.310 e. The van der Waals surface area contributed by atoms with Crippen LogP contribution in [-0.4, -0.2) is 0 Å². The molecule has 0 N–H and O–H groups in total. The summed E-state index contributed by atoms with van der Waals surface area (Å²) in [6.07, 6.45) is 8.18. The number of benzene rings is 4. The highest BCUT2D eigenvalue weighted by Crippen LogP contribution is 2.72. The molecule has 0 radical (unpaired) electrons. The highest BCUT2D eigenvalue weighted by atomic mass is 32.2. The Morgan fingerprint density at radius 3 is 2.05 bits per heavy atom. The number of hydrogen-bond acceptors (Lipinski definition) is 2. The number of fused-ring (bicyclic) bond motifs is 3. The molecule has 1 aliphatic heterocycles. The van der Waals surface area contributed by atoms with E-state index in [9.17, 15) is 0 Å². The first-order chi connectivity index (χ1) is 20.8. The normalized spacial score (nSPS) is 30.1. The molecular weight excluding hydrogens is 539 g/mol. The minimum absolute atomic E-state index is 0.162. The molecule has 4 aromatic rings. The smallest absolute Gasteiger partial charge is 0.0465 e. The molecule has 0 amide bonds. The van der Waals surface area contributed by atoms with Gasteiger partial charge in [0.2, 0.25) is 0 Å². The third-order valence-electron chi connectivity index (χ3n) is 12.6. The largest absolute Gasteiger partial charge is 0.310 e. The lowest BCUT2D eigenvalue weighted by Gasteiger charge is -2.49. The molecule has 5 atom stereocenters. The van der Waals surface area contributed by atoms with Crippen molar-refractivity contribution in [3.8, 4) is 0 Å². The molecule has 10 rings (SSSR count). The summed E-state index contributed by atoms with van der Waals surface area (Å²) in [4.78, 5) is 5.53. The van der Waals surface area contributed by atoms with Crippen LogP contribution in [-0.2, 0) is 16.2 Å². The third-order valence-corrected chi connectivity index (χ3v) is 13.7. The quantitative estimate of drug-likeness (QED) is 0.237. The summed E-state index contributed by atoms with van der Waals surface area (Å²) in [5, 5.41) is 0. The van der Waals surface area contributed by atoms with Crippen LogP contribution in [0.25, 0.3) is 0 Å². The zero-order chi connectivity index (χ0) is 29.1. The van der Waals surface area contributed by atoms with Gasteiger partial charge in [-0.2, -0.15) is 0 Å². The molecule has 4 bridgehead atoms. The molecule has 5 unspecified atom stereocenters. The van der Waals surface area contributed by atoms with E-state index in [0.717, 1.165) is 23.7 Å². The average molecular weight is 582 g/mol. The van der Waals surface area contributed by atoms with E-state index in [1.54, 1.807) is 11.1 Å². The molecule has 1 spiro atoms. The van der Waals surface area contributed by atoms with Crippen molar-refractivity contribution < 1.29 is 0 Å². The topological polar surface area (TPSA) is 3.24 Å². The van der Waals surface area contributed by atoms with Crippen LogP contribution >= 0.6 is 11.8 Å². The fourth-order valence-corrected chi connectivity index (χ4v) is 11.8. The number of hydrogen-bond donors (Lipinski definition) is 0. The first-order valence-electron chi connectivity index (χ1n) is 16.7. The Hall–Kier alpha value is -2.97. The highest BCUT2D eigenvalue weighted by Gasteiger charge is 2.65. The van der Waals surface area contributed by atoms with Gasteiger partial charge in [-0.05, 0) is 144 Å². The first kappa shape index (κ1) is 26.4. The molecule has 1 heterocycles. The van der Waals surface area contributed by atoms with Crippen LogP contribution in [0.2, 0.25) is 0 Å². The first-order valence-corrected chi connectivity index (χ1v) is 17.5. The Balaban J connectivity index is 1.25. The summed E-state index contributed by atoms with van der Waals surface area (Å²) in [5.41, 5.74) is 10.7. The molecule has 4 aromatic carbocycles. The van der Waals surface area contributed by atoms with Gasteiger partial charge in [0.05, 0.1) is 0 Å². The highest BCUT2D eigenvalue weighted by molar-refractivity contribution is 7.99. The predicted octanol–water partition coefficient (Wildman–Crippen LogP) is 11.3. The summed E-state index contributed by atoms with van der Waals surface area (Å²) in [6.45, 7) is 9.74. The van der Waals surface area contributed by atoms with Gasteiger partial charge in [0.25, 0.3) is 0 Å². The zero-order valence-corrected chi connectivity index (χ0v) is 26.9.